The first-order valence-corrected chi connectivity index (χ1v) is 11.9. The fraction of sp³-hybridized carbons (Fsp3) is 0.417. The highest BCUT2D eigenvalue weighted by molar-refractivity contribution is 6.31. The van der Waals surface area contributed by atoms with Gasteiger partial charge in [-0.2, -0.15) is 0 Å². The molecule has 2 aromatic carbocycles. The van der Waals surface area contributed by atoms with Crippen LogP contribution in [0.5, 0.6) is 5.75 Å². The minimum absolute atomic E-state index is 0.0548. The molecule has 2 aromatic rings. The van der Waals surface area contributed by atoms with Crippen LogP contribution in [0.25, 0.3) is 0 Å². The highest BCUT2D eigenvalue weighted by Gasteiger charge is 2.41. The average Bonchev–Trinajstić information content (AvgIpc) is 3.16. The zero-order valence-electron chi connectivity index (χ0n) is 18.2. The number of ether oxygens (including phenoxy) is 1. The molecule has 176 valence electrons. The van der Waals surface area contributed by atoms with Crippen molar-refractivity contribution in [2.24, 2.45) is 11.7 Å². The third-order valence-electron chi connectivity index (χ3n) is 6.37. The molecule has 2 fully saturated rings. The summed E-state index contributed by atoms with van der Waals surface area (Å²) in [5, 5.41) is 10.6. The summed E-state index contributed by atoms with van der Waals surface area (Å²) in [6.45, 7) is 0.167. The van der Waals surface area contributed by atoms with Crippen molar-refractivity contribution in [3.8, 4) is 5.75 Å². The van der Waals surface area contributed by atoms with Gasteiger partial charge in [0, 0.05) is 28.2 Å². The van der Waals surface area contributed by atoms with Crippen molar-refractivity contribution in [1.29, 1.82) is 0 Å². The highest BCUT2D eigenvalue weighted by atomic mass is 35.5. The number of amides is 3. The second-order valence-electron chi connectivity index (χ2n) is 8.68. The number of nitrogens with two attached hydrogens (primary N) is 1. The van der Waals surface area contributed by atoms with Crippen LogP contribution in [-0.4, -0.2) is 36.7 Å². The molecule has 33 heavy (non-hydrogen) atoms. The van der Waals surface area contributed by atoms with E-state index in [1.807, 2.05) is 12.1 Å². The zero-order valence-corrected chi connectivity index (χ0v) is 19.7. The fourth-order valence-electron chi connectivity index (χ4n) is 4.87. The molecule has 0 spiro atoms. The fourth-order valence-corrected chi connectivity index (χ4v) is 5.17. The molecule has 2 saturated heterocycles. The van der Waals surface area contributed by atoms with Crippen molar-refractivity contribution in [2.45, 2.75) is 50.2 Å². The van der Waals surface area contributed by atoms with Gasteiger partial charge in [-0.1, -0.05) is 35.3 Å². The Bertz CT molecular complexity index is 1000. The van der Waals surface area contributed by atoms with Gasteiger partial charge in [0.1, 0.15) is 5.75 Å². The lowest BCUT2D eigenvalue weighted by Crippen LogP contribution is -2.55. The van der Waals surface area contributed by atoms with Gasteiger partial charge < -0.3 is 26.4 Å². The number of anilines is 1. The molecule has 4 atom stereocenters. The number of piperidine rings is 1. The second-order valence-corrected chi connectivity index (χ2v) is 9.55. The van der Waals surface area contributed by atoms with E-state index in [-0.39, 0.29) is 25.0 Å². The van der Waals surface area contributed by atoms with Gasteiger partial charge in [-0.15, -0.1) is 0 Å². The molecule has 1 unspecified atom stereocenters. The van der Waals surface area contributed by atoms with Crippen molar-refractivity contribution in [2.75, 3.05) is 11.9 Å². The summed E-state index contributed by atoms with van der Waals surface area (Å²) in [6, 6.07) is 13.0. The van der Waals surface area contributed by atoms with Crippen LogP contribution in [0.15, 0.2) is 42.5 Å². The number of hydrogen-bond acceptors (Lipinski definition) is 4. The molecule has 5 N–H and O–H groups in total. The molecule has 3 amide bonds. The Kier molecular flexibility index (Phi) is 7.63. The lowest BCUT2D eigenvalue weighted by molar-refractivity contribution is -0.123. The number of rotatable bonds is 8. The second kappa shape index (κ2) is 10.6. The van der Waals surface area contributed by atoms with Crippen molar-refractivity contribution in [3.05, 3.63) is 58.1 Å². The van der Waals surface area contributed by atoms with E-state index in [1.54, 1.807) is 18.2 Å². The number of carbonyl (C=O) groups excluding carboxylic acids is 2. The molecule has 0 saturated carbocycles. The molecule has 4 rings (SSSR count). The van der Waals surface area contributed by atoms with Crippen LogP contribution in [0, 0.1) is 5.92 Å². The minimum Gasteiger partial charge on any atom is -0.491 e. The first kappa shape index (κ1) is 23.7. The van der Waals surface area contributed by atoms with Gasteiger partial charge in [0.05, 0.1) is 18.7 Å². The maximum Gasteiger partial charge on any atom is 0.316 e. The van der Waals surface area contributed by atoms with Gasteiger partial charge >= 0.3 is 6.03 Å². The molecule has 2 heterocycles. The number of benzene rings is 2. The summed E-state index contributed by atoms with van der Waals surface area (Å²) in [5.41, 5.74) is 6.79. The number of urea groups is 1. The Morgan fingerprint density at radius 3 is 2.61 bits per heavy atom. The molecule has 0 aromatic heterocycles. The van der Waals surface area contributed by atoms with Gasteiger partial charge in [-0.05, 0) is 67.5 Å². The first-order chi connectivity index (χ1) is 15.9. The Morgan fingerprint density at radius 2 is 1.85 bits per heavy atom. The number of halogens is 2. The molecule has 9 heteroatoms. The van der Waals surface area contributed by atoms with Crippen molar-refractivity contribution >= 4 is 40.8 Å². The van der Waals surface area contributed by atoms with Gasteiger partial charge in [-0.3, -0.25) is 4.79 Å². The zero-order chi connectivity index (χ0) is 23.4. The van der Waals surface area contributed by atoms with E-state index in [0.29, 0.717) is 34.5 Å². The van der Waals surface area contributed by atoms with Crippen LogP contribution in [0.1, 0.15) is 31.2 Å². The van der Waals surface area contributed by atoms with Crippen LogP contribution < -0.4 is 26.4 Å². The Balaban J connectivity index is 1.34. The van der Waals surface area contributed by atoms with Crippen molar-refractivity contribution in [1.82, 2.24) is 10.6 Å². The highest BCUT2D eigenvalue weighted by Crippen LogP contribution is 2.34. The summed E-state index contributed by atoms with van der Waals surface area (Å²) in [7, 11) is 0. The number of hydrogen-bond donors (Lipinski definition) is 4. The standard InChI is InChI=1S/C24H28Cl2N4O3/c25-15-3-1-14(2-4-15)11-18-19-7-6-17(28-19)13-20(18)29-23(31)9-10-33-22-8-5-16(26)12-21(22)30-24(27)32/h1-5,8,12,17-20,28H,6-7,9-11,13H2,(H,29,31)(H3,27,30,32)/t17-,18?,19+,20+/m0/s1. The van der Waals surface area contributed by atoms with E-state index in [0.717, 1.165) is 30.7 Å². The predicted molar refractivity (Wildman–Crippen MR) is 130 cm³/mol. The largest absolute Gasteiger partial charge is 0.491 e. The van der Waals surface area contributed by atoms with Crippen LogP contribution in [0.2, 0.25) is 10.0 Å². The van der Waals surface area contributed by atoms with E-state index in [2.05, 4.69) is 28.1 Å². The van der Waals surface area contributed by atoms with Crippen molar-refractivity contribution < 1.29 is 14.3 Å². The molecule has 2 bridgehead atoms. The van der Waals surface area contributed by atoms with Crippen LogP contribution in [0.4, 0.5) is 10.5 Å². The molecular weight excluding hydrogens is 463 g/mol. The maximum absolute atomic E-state index is 12.8. The average molecular weight is 491 g/mol. The van der Waals surface area contributed by atoms with Gasteiger partial charge in [0.25, 0.3) is 0 Å². The summed E-state index contributed by atoms with van der Waals surface area (Å²) in [6.07, 6.45) is 4.28. The Labute approximate surface area is 203 Å². The van der Waals surface area contributed by atoms with Crippen LogP contribution in [0.3, 0.4) is 0 Å². The summed E-state index contributed by atoms with van der Waals surface area (Å²) < 4.78 is 5.73. The van der Waals surface area contributed by atoms with Gasteiger partial charge in [-0.25, -0.2) is 4.79 Å². The number of nitrogens with one attached hydrogen (secondary N) is 3. The third kappa shape index (κ3) is 6.31. The smallest absolute Gasteiger partial charge is 0.316 e. The van der Waals surface area contributed by atoms with E-state index in [4.69, 9.17) is 33.7 Å². The SMILES string of the molecule is NC(=O)Nc1cc(Cl)ccc1OCCC(=O)N[C@@H]1C[C@@H]2CC[C@@H](N2)C1Cc1ccc(Cl)cc1. The molecule has 0 aliphatic carbocycles. The quantitative estimate of drug-likeness (QED) is 0.446. The third-order valence-corrected chi connectivity index (χ3v) is 6.85. The molecule has 2 aliphatic heterocycles. The maximum atomic E-state index is 12.8. The van der Waals surface area contributed by atoms with Crippen LogP contribution >= 0.6 is 23.2 Å². The van der Waals surface area contributed by atoms with Gasteiger partial charge in [0.15, 0.2) is 0 Å². The predicted octanol–water partition coefficient (Wildman–Crippen LogP) is 4.12. The summed E-state index contributed by atoms with van der Waals surface area (Å²) in [5.74, 6) is 0.671. The van der Waals surface area contributed by atoms with E-state index < -0.39 is 6.03 Å². The topological polar surface area (TPSA) is 105 Å². The number of primary amides is 1. The summed E-state index contributed by atoms with van der Waals surface area (Å²) >= 11 is 12.0. The Morgan fingerprint density at radius 1 is 1.09 bits per heavy atom. The molecule has 0 radical (unpaired) electrons. The summed E-state index contributed by atoms with van der Waals surface area (Å²) in [4.78, 5) is 24.0. The van der Waals surface area contributed by atoms with Gasteiger partial charge in [0.2, 0.25) is 5.91 Å². The first-order valence-electron chi connectivity index (χ1n) is 11.2. The minimum atomic E-state index is -0.716. The molecule has 2 aliphatic rings. The normalized spacial score (nSPS) is 23.7. The lowest BCUT2D eigenvalue weighted by Gasteiger charge is -2.38. The Hall–Kier alpha value is -2.48. The number of carbonyl (C=O) groups is 2. The molecular formula is C24H28Cl2N4O3. The monoisotopic (exact) mass is 490 g/mol. The van der Waals surface area contributed by atoms with E-state index >= 15 is 0 Å². The van der Waals surface area contributed by atoms with E-state index in [9.17, 15) is 9.59 Å². The van der Waals surface area contributed by atoms with Crippen molar-refractivity contribution in [3.63, 3.8) is 0 Å². The lowest BCUT2D eigenvalue weighted by atomic mass is 9.82. The van der Waals surface area contributed by atoms with E-state index in [1.165, 1.54) is 5.56 Å². The van der Waals surface area contributed by atoms with Crippen LogP contribution in [-0.2, 0) is 11.2 Å². The molecule has 7 nitrogen and oxygen atoms in total. The number of fused-ring (bicyclic) bond motifs is 2.